The lowest BCUT2D eigenvalue weighted by molar-refractivity contribution is -0.120. The number of primary amides is 1. The smallest absolute Gasteiger partial charge is 0.281 e. The fourth-order valence-electron chi connectivity index (χ4n) is 7.70. The highest BCUT2D eigenvalue weighted by atomic mass is 19.3. The number of hydrogen-bond acceptors (Lipinski definition) is 5. The van der Waals surface area contributed by atoms with E-state index in [4.69, 9.17) is 5.73 Å². The van der Waals surface area contributed by atoms with Crippen LogP contribution in [0, 0.1) is 31.6 Å². The van der Waals surface area contributed by atoms with Crippen molar-refractivity contribution in [3.05, 3.63) is 46.7 Å². The van der Waals surface area contributed by atoms with E-state index < -0.39 is 23.9 Å². The Morgan fingerprint density at radius 3 is 2.19 bits per heavy atom. The van der Waals surface area contributed by atoms with Crippen molar-refractivity contribution in [2.75, 3.05) is 5.32 Å². The molecule has 2 amide bonds. The number of H-pyrrole nitrogens is 1. The molecule has 0 aromatic carbocycles. The molecule has 4 N–H and O–H groups in total. The number of carbonyl (C=O) groups is 2. The summed E-state index contributed by atoms with van der Waals surface area (Å²) in [6.45, 7) is 5.82. The molecule has 3 heterocycles. The lowest BCUT2D eigenvalue weighted by Gasteiger charge is -2.41. The van der Waals surface area contributed by atoms with Gasteiger partial charge in [0.05, 0.1) is 17.8 Å². The highest BCUT2D eigenvalue weighted by Crippen LogP contribution is 2.48. The molecule has 0 radical (unpaired) electrons. The number of alkyl halides is 2. The molecule has 3 aromatic heterocycles. The van der Waals surface area contributed by atoms with Crippen molar-refractivity contribution in [1.29, 1.82) is 0 Å². The van der Waals surface area contributed by atoms with Crippen LogP contribution in [0.3, 0.4) is 0 Å². The second-order valence-electron chi connectivity index (χ2n) is 12.2. The quantitative estimate of drug-likeness (QED) is 0.236. The minimum Gasteiger partial charge on any atom is -0.364 e. The number of carbonyl (C=O) groups excluding carboxylic acids is 2. The minimum absolute atomic E-state index is 0.0294. The first-order valence-electron chi connectivity index (χ1n) is 15.7. The Kier molecular flexibility index (Phi) is 9.56. The highest BCUT2D eigenvalue weighted by molar-refractivity contribution is 5.99. The van der Waals surface area contributed by atoms with Gasteiger partial charge in [0, 0.05) is 28.9 Å². The van der Waals surface area contributed by atoms with E-state index in [0.717, 1.165) is 51.4 Å². The van der Waals surface area contributed by atoms with E-state index in [9.17, 15) is 18.4 Å². The van der Waals surface area contributed by atoms with Crippen molar-refractivity contribution in [2.45, 2.75) is 104 Å². The molecule has 0 unspecified atom stereocenters. The average molecular weight is 596 g/mol. The first-order valence-corrected chi connectivity index (χ1v) is 15.7. The lowest BCUT2D eigenvalue weighted by Crippen LogP contribution is -2.39. The number of aromatic nitrogens is 5. The van der Waals surface area contributed by atoms with E-state index in [0.29, 0.717) is 40.9 Å². The molecule has 9 nitrogen and oxygen atoms in total. The molecule has 0 spiro atoms. The zero-order chi connectivity index (χ0) is 30.7. The standard InChI is InChI=1S/C32H43F2N7O2/c1-4-41-29(31(35)42)23(17-36-41)27(26(20-11-7-5-8-12-20)21-13-9-6-10-14-21)32(43)38-24-16-15-22(28(37-24)30(33)34)25-18(2)39-40-19(25)3/h15-17,20-21,26-27,30H,4-14H2,1-3H3,(H2,35,42)(H,39,40)(H,37,38,43)/t27-/m1/s1. The predicted octanol–water partition coefficient (Wildman–Crippen LogP) is 6.84. The summed E-state index contributed by atoms with van der Waals surface area (Å²) in [6, 6.07) is 3.12. The molecular formula is C32H43F2N7O2. The van der Waals surface area contributed by atoms with Gasteiger partial charge in [-0.1, -0.05) is 64.2 Å². The number of nitrogens with one attached hydrogen (secondary N) is 2. The summed E-state index contributed by atoms with van der Waals surface area (Å²) >= 11 is 0. The van der Waals surface area contributed by atoms with Crippen LogP contribution in [0.15, 0.2) is 18.3 Å². The largest absolute Gasteiger partial charge is 0.364 e. The maximum Gasteiger partial charge on any atom is 0.281 e. The SMILES string of the molecule is CCn1ncc([C@@H](C(=O)Nc2ccc(-c3c(C)n[nH]c3C)c(C(F)F)n2)C(C2CCCCC2)C2CCCCC2)c1C(N)=O. The number of hydrogen-bond donors (Lipinski definition) is 3. The van der Waals surface area contributed by atoms with Gasteiger partial charge in [-0.05, 0) is 50.7 Å². The Morgan fingerprint density at radius 1 is 1.05 bits per heavy atom. The highest BCUT2D eigenvalue weighted by Gasteiger charge is 2.43. The van der Waals surface area contributed by atoms with Crippen molar-refractivity contribution in [3.63, 3.8) is 0 Å². The molecule has 2 aliphatic rings. The Balaban J connectivity index is 1.58. The lowest BCUT2D eigenvalue weighted by atomic mass is 9.63. The number of halogens is 2. The summed E-state index contributed by atoms with van der Waals surface area (Å²) in [6.07, 6.45) is 9.58. The van der Waals surface area contributed by atoms with E-state index >= 15 is 0 Å². The fourth-order valence-corrected chi connectivity index (χ4v) is 7.70. The van der Waals surface area contributed by atoms with E-state index in [1.165, 1.54) is 12.8 Å². The zero-order valence-electron chi connectivity index (χ0n) is 25.3. The second kappa shape index (κ2) is 13.3. The van der Waals surface area contributed by atoms with E-state index in [2.05, 4.69) is 25.6 Å². The number of amides is 2. The Bertz CT molecular complexity index is 1400. The van der Waals surface area contributed by atoms with Crippen LogP contribution in [0.1, 0.15) is 117 Å². The van der Waals surface area contributed by atoms with Gasteiger partial charge in [-0.25, -0.2) is 13.8 Å². The average Bonchev–Trinajstić information content (AvgIpc) is 3.58. The third-order valence-corrected chi connectivity index (χ3v) is 9.57. The van der Waals surface area contributed by atoms with E-state index in [1.807, 2.05) is 6.92 Å². The summed E-state index contributed by atoms with van der Waals surface area (Å²) in [5, 5.41) is 14.3. The fraction of sp³-hybridized carbons (Fsp3) is 0.594. The number of anilines is 1. The maximum absolute atomic E-state index is 14.5. The maximum atomic E-state index is 14.5. The van der Waals surface area contributed by atoms with Crippen molar-refractivity contribution < 1.29 is 18.4 Å². The predicted molar refractivity (Wildman–Crippen MR) is 161 cm³/mol. The molecule has 11 heteroatoms. The van der Waals surface area contributed by atoms with Gasteiger partial charge in [-0.15, -0.1) is 0 Å². The van der Waals surface area contributed by atoms with E-state index in [-0.39, 0.29) is 28.9 Å². The van der Waals surface area contributed by atoms with Gasteiger partial charge in [0.1, 0.15) is 17.2 Å². The van der Waals surface area contributed by atoms with Gasteiger partial charge in [-0.2, -0.15) is 10.2 Å². The zero-order valence-corrected chi connectivity index (χ0v) is 25.3. The number of aryl methyl sites for hydroxylation is 3. The molecule has 2 saturated carbocycles. The van der Waals surface area contributed by atoms with Crippen LogP contribution in [0.5, 0.6) is 0 Å². The molecular weight excluding hydrogens is 552 g/mol. The van der Waals surface area contributed by atoms with Crippen LogP contribution in [-0.4, -0.2) is 36.8 Å². The molecule has 5 rings (SSSR count). The summed E-state index contributed by atoms with van der Waals surface area (Å²) in [7, 11) is 0. The van der Waals surface area contributed by atoms with Crippen molar-refractivity contribution in [1.82, 2.24) is 25.0 Å². The van der Waals surface area contributed by atoms with Crippen LogP contribution < -0.4 is 11.1 Å². The second-order valence-corrected chi connectivity index (χ2v) is 12.2. The minimum atomic E-state index is -2.86. The van der Waals surface area contributed by atoms with Gasteiger partial charge in [0.15, 0.2) is 0 Å². The first kappa shape index (κ1) is 30.8. The van der Waals surface area contributed by atoms with E-state index in [1.54, 1.807) is 36.9 Å². The first-order chi connectivity index (χ1) is 20.7. The Hall–Kier alpha value is -3.63. The van der Waals surface area contributed by atoms with Crippen LogP contribution >= 0.6 is 0 Å². The summed E-state index contributed by atoms with van der Waals surface area (Å²) in [4.78, 5) is 31.5. The molecule has 2 fully saturated rings. The Morgan fingerprint density at radius 2 is 1.67 bits per heavy atom. The van der Waals surface area contributed by atoms with Gasteiger partial charge in [-0.3, -0.25) is 19.4 Å². The number of rotatable bonds is 10. The van der Waals surface area contributed by atoms with Gasteiger partial charge < -0.3 is 11.1 Å². The number of nitrogens with zero attached hydrogens (tertiary/aromatic N) is 4. The normalized spacial score (nSPS) is 17.5. The molecule has 3 aromatic rings. The molecule has 2 aliphatic carbocycles. The molecule has 232 valence electrons. The van der Waals surface area contributed by atoms with Crippen LogP contribution in [-0.2, 0) is 11.3 Å². The van der Waals surface area contributed by atoms with Gasteiger partial charge in [0.2, 0.25) is 5.91 Å². The monoisotopic (exact) mass is 595 g/mol. The number of pyridine rings is 1. The molecule has 1 atom stereocenters. The van der Waals surface area contributed by atoms with Gasteiger partial charge >= 0.3 is 0 Å². The van der Waals surface area contributed by atoms with Gasteiger partial charge in [0.25, 0.3) is 12.3 Å². The molecule has 0 aliphatic heterocycles. The third-order valence-electron chi connectivity index (χ3n) is 9.57. The topological polar surface area (TPSA) is 132 Å². The summed E-state index contributed by atoms with van der Waals surface area (Å²) in [5.74, 6) is -1.10. The summed E-state index contributed by atoms with van der Waals surface area (Å²) in [5.41, 5.74) is 8.32. The van der Waals surface area contributed by atoms with Crippen molar-refractivity contribution in [3.8, 4) is 11.1 Å². The van der Waals surface area contributed by atoms with Crippen molar-refractivity contribution in [2.24, 2.45) is 23.5 Å². The third kappa shape index (κ3) is 6.35. The molecule has 0 saturated heterocycles. The van der Waals surface area contributed by atoms with Crippen LogP contribution in [0.25, 0.3) is 11.1 Å². The number of aromatic amines is 1. The van der Waals surface area contributed by atoms with Crippen LogP contribution in [0.2, 0.25) is 0 Å². The number of nitrogens with two attached hydrogens (primary N) is 1. The van der Waals surface area contributed by atoms with Crippen molar-refractivity contribution >= 4 is 17.6 Å². The van der Waals surface area contributed by atoms with Crippen LogP contribution in [0.4, 0.5) is 14.6 Å². The Labute approximate surface area is 251 Å². The molecule has 43 heavy (non-hydrogen) atoms. The summed E-state index contributed by atoms with van der Waals surface area (Å²) < 4.78 is 30.3. The molecule has 0 bridgehead atoms.